The lowest BCUT2D eigenvalue weighted by molar-refractivity contribution is 0.602. The largest absolute Gasteiger partial charge is 0.399 e. The number of halogens is 1. The van der Waals surface area contributed by atoms with Crippen LogP contribution < -0.4 is 10.5 Å². The molecule has 0 saturated heterocycles. The lowest BCUT2D eigenvalue weighted by Gasteiger charge is -2.07. The van der Waals surface area contributed by atoms with Crippen LogP contribution in [0.15, 0.2) is 41.4 Å². The van der Waals surface area contributed by atoms with Gasteiger partial charge >= 0.3 is 0 Å². The van der Waals surface area contributed by atoms with E-state index in [9.17, 15) is 8.42 Å². The molecule has 0 aliphatic carbocycles. The minimum absolute atomic E-state index is 0.00987. The second kappa shape index (κ2) is 6.97. The first-order valence-electron chi connectivity index (χ1n) is 5.92. The minimum Gasteiger partial charge on any atom is -0.399 e. The molecule has 0 aliphatic heterocycles. The number of anilines is 2. The van der Waals surface area contributed by atoms with Crippen LogP contribution in [-0.4, -0.2) is 29.9 Å². The van der Waals surface area contributed by atoms with Crippen molar-refractivity contribution in [2.75, 3.05) is 22.0 Å². The smallest absolute Gasteiger partial charge is 0.234 e. The van der Waals surface area contributed by atoms with Crippen molar-refractivity contribution in [2.24, 2.45) is 0 Å². The lowest BCUT2D eigenvalue weighted by Crippen LogP contribution is -2.18. The summed E-state index contributed by atoms with van der Waals surface area (Å²) >= 11 is 7.02. The third-order valence-corrected chi connectivity index (χ3v) is 5.06. The summed E-state index contributed by atoms with van der Waals surface area (Å²) in [4.78, 5) is 8.39. The first-order chi connectivity index (χ1) is 9.94. The molecule has 0 bridgehead atoms. The second-order valence-electron chi connectivity index (χ2n) is 4.05. The predicted molar refractivity (Wildman–Crippen MR) is 86.0 cm³/mol. The average Bonchev–Trinajstić information content (AvgIpc) is 2.38. The summed E-state index contributed by atoms with van der Waals surface area (Å²) in [5.74, 6) is 0.509. The van der Waals surface area contributed by atoms with Crippen LogP contribution in [0.2, 0.25) is 5.28 Å². The van der Waals surface area contributed by atoms with Gasteiger partial charge in [0.05, 0.1) is 5.75 Å². The number of nitrogens with two attached hydrogens (primary N) is 1. The van der Waals surface area contributed by atoms with Crippen molar-refractivity contribution in [1.82, 2.24) is 9.97 Å². The average molecular weight is 345 g/mol. The second-order valence-corrected chi connectivity index (χ2v) is 7.40. The Morgan fingerprint density at radius 3 is 2.86 bits per heavy atom. The number of benzene rings is 1. The normalized spacial score (nSPS) is 11.3. The predicted octanol–water partition coefficient (Wildman–Crippen LogP) is 2.25. The van der Waals surface area contributed by atoms with Crippen LogP contribution in [-0.2, 0) is 10.0 Å². The summed E-state index contributed by atoms with van der Waals surface area (Å²) in [7, 11) is -3.48. The van der Waals surface area contributed by atoms with Crippen LogP contribution in [0.3, 0.4) is 0 Å². The first-order valence-corrected chi connectivity index (χ1v) is 8.93. The molecule has 0 unspecified atom stereocenters. The lowest BCUT2D eigenvalue weighted by atomic mass is 10.3. The molecule has 1 aromatic carbocycles. The van der Waals surface area contributed by atoms with E-state index < -0.39 is 10.0 Å². The van der Waals surface area contributed by atoms with E-state index in [2.05, 4.69) is 14.7 Å². The fraction of sp³-hybridized carbons (Fsp3) is 0.167. The summed E-state index contributed by atoms with van der Waals surface area (Å²) in [6.07, 6.45) is 1.38. The van der Waals surface area contributed by atoms with Gasteiger partial charge in [0.1, 0.15) is 5.82 Å². The highest BCUT2D eigenvalue weighted by Gasteiger charge is 2.11. The van der Waals surface area contributed by atoms with Gasteiger partial charge in [-0.2, -0.15) is 4.98 Å². The van der Waals surface area contributed by atoms with Crippen molar-refractivity contribution >= 4 is 44.9 Å². The molecule has 2 aromatic rings. The molecule has 0 amide bonds. The molecule has 6 nitrogen and oxygen atoms in total. The van der Waals surface area contributed by atoms with Gasteiger partial charge < -0.3 is 5.73 Å². The van der Waals surface area contributed by atoms with Crippen molar-refractivity contribution in [3.8, 4) is 0 Å². The zero-order valence-electron chi connectivity index (χ0n) is 10.9. The van der Waals surface area contributed by atoms with E-state index in [0.717, 1.165) is 4.90 Å². The molecule has 0 spiro atoms. The maximum absolute atomic E-state index is 11.9. The molecule has 0 aliphatic rings. The number of sulfonamides is 1. The highest BCUT2D eigenvalue weighted by Crippen LogP contribution is 2.20. The Hall–Kier alpha value is -1.51. The topological polar surface area (TPSA) is 98.0 Å². The van der Waals surface area contributed by atoms with Crippen LogP contribution in [0.5, 0.6) is 0 Å². The van der Waals surface area contributed by atoms with Gasteiger partial charge in [0.2, 0.25) is 15.3 Å². The van der Waals surface area contributed by atoms with E-state index in [1.807, 2.05) is 12.1 Å². The van der Waals surface area contributed by atoms with E-state index in [0.29, 0.717) is 11.4 Å². The summed E-state index contributed by atoms with van der Waals surface area (Å²) in [6.45, 7) is 0. The van der Waals surface area contributed by atoms with Crippen molar-refractivity contribution in [1.29, 1.82) is 0 Å². The summed E-state index contributed by atoms with van der Waals surface area (Å²) in [5, 5.41) is -0.00987. The van der Waals surface area contributed by atoms with Gasteiger partial charge in [-0.25, -0.2) is 13.4 Å². The number of thioether (sulfide) groups is 1. The van der Waals surface area contributed by atoms with E-state index in [1.165, 1.54) is 24.0 Å². The highest BCUT2D eigenvalue weighted by atomic mass is 35.5. The molecule has 3 N–H and O–H groups in total. The monoisotopic (exact) mass is 344 g/mol. The van der Waals surface area contributed by atoms with Gasteiger partial charge in [-0.05, 0) is 35.9 Å². The number of hydrogen-bond donors (Lipinski definition) is 2. The Morgan fingerprint density at radius 1 is 1.33 bits per heavy atom. The molecule has 0 radical (unpaired) electrons. The molecular weight excluding hydrogens is 332 g/mol. The van der Waals surface area contributed by atoms with Crippen LogP contribution in [0.1, 0.15) is 0 Å². The Morgan fingerprint density at radius 2 is 2.14 bits per heavy atom. The number of hydrogen-bond acceptors (Lipinski definition) is 6. The van der Waals surface area contributed by atoms with Gasteiger partial charge in [-0.1, -0.05) is 6.07 Å². The Balaban J connectivity index is 1.90. The molecule has 9 heteroatoms. The third kappa shape index (κ3) is 5.41. The molecule has 1 aromatic heterocycles. The molecule has 112 valence electrons. The SMILES string of the molecule is Nc1cccc(SCCS(=O)(=O)Nc2ccnc(Cl)n2)c1. The maximum atomic E-state index is 11.9. The van der Waals surface area contributed by atoms with Crippen LogP contribution in [0.4, 0.5) is 11.5 Å². The highest BCUT2D eigenvalue weighted by molar-refractivity contribution is 8.01. The fourth-order valence-corrected chi connectivity index (χ4v) is 4.00. The Labute approximate surface area is 132 Å². The van der Waals surface area contributed by atoms with Crippen molar-refractivity contribution < 1.29 is 8.42 Å². The fourth-order valence-electron chi connectivity index (χ4n) is 1.48. The Bertz CT molecular complexity index is 725. The number of aromatic nitrogens is 2. The van der Waals surface area contributed by atoms with E-state index >= 15 is 0 Å². The molecule has 21 heavy (non-hydrogen) atoms. The molecule has 1 heterocycles. The Kier molecular flexibility index (Phi) is 5.27. The summed E-state index contributed by atoms with van der Waals surface area (Å²) in [6, 6.07) is 8.73. The molecule has 0 atom stereocenters. The van der Waals surface area contributed by atoms with Crippen molar-refractivity contribution in [3.63, 3.8) is 0 Å². The van der Waals surface area contributed by atoms with E-state index in [1.54, 1.807) is 12.1 Å². The first kappa shape index (κ1) is 15.9. The van der Waals surface area contributed by atoms with Gasteiger partial charge in [-0.3, -0.25) is 4.72 Å². The van der Waals surface area contributed by atoms with Gasteiger partial charge in [0.25, 0.3) is 0 Å². The quantitative estimate of drug-likeness (QED) is 0.474. The molecule has 0 saturated carbocycles. The number of nitrogens with zero attached hydrogens (tertiary/aromatic N) is 2. The molecular formula is C12H13ClN4O2S2. The van der Waals surface area contributed by atoms with Gasteiger partial charge in [-0.15, -0.1) is 11.8 Å². The summed E-state index contributed by atoms with van der Waals surface area (Å²) < 4.78 is 26.2. The summed E-state index contributed by atoms with van der Waals surface area (Å²) in [5.41, 5.74) is 6.31. The third-order valence-electron chi connectivity index (χ3n) is 2.37. The van der Waals surface area contributed by atoms with Gasteiger partial charge in [0, 0.05) is 22.5 Å². The standard InChI is InChI=1S/C12H13ClN4O2S2/c13-12-15-5-4-11(16-12)17-21(18,19)7-6-20-10-3-1-2-9(14)8-10/h1-5,8H,6-7,14H2,(H,15,16,17). The minimum atomic E-state index is -3.48. The number of nitrogen functional groups attached to an aromatic ring is 1. The van der Waals surface area contributed by atoms with Crippen LogP contribution >= 0.6 is 23.4 Å². The van der Waals surface area contributed by atoms with Crippen LogP contribution in [0, 0.1) is 0 Å². The number of nitrogens with one attached hydrogen (secondary N) is 1. The number of rotatable bonds is 6. The van der Waals surface area contributed by atoms with Crippen LogP contribution in [0.25, 0.3) is 0 Å². The molecule has 2 rings (SSSR count). The zero-order chi connectivity index (χ0) is 15.3. The van der Waals surface area contributed by atoms with E-state index in [-0.39, 0.29) is 16.9 Å². The van der Waals surface area contributed by atoms with E-state index in [4.69, 9.17) is 17.3 Å². The van der Waals surface area contributed by atoms with Crippen molar-refractivity contribution in [3.05, 3.63) is 41.8 Å². The maximum Gasteiger partial charge on any atom is 0.234 e. The van der Waals surface area contributed by atoms with Gasteiger partial charge in [0.15, 0.2) is 0 Å². The molecule has 0 fully saturated rings. The zero-order valence-corrected chi connectivity index (χ0v) is 13.2. The van der Waals surface area contributed by atoms with Crippen molar-refractivity contribution in [2.45, 2.75) is 4.90 Å².